The van der Waals surface area contributed by atoms with Gasteiger partial charge in [0.2, 0.25) is 10.0 Å². The molecule has 0 unspecified atom stereocenters. The molecule has 22 heavy (non-hydrogen) atoms. The number of carbonyl (C=O) groups is 1. The van der Waals surface area contributed by atoms with E-state index in [1.807, 2.05) is 6.07 Å². The van der Waals surface area contributed by atoms with Gasteiger partial charge in [0.15, 0.2) is 0 Å². The molecule has 2 N–H and O–H groups in total. The van der Waals surface area contributed by atoms with Gasteiger partial charge in [0.1, 0.15) is 0 Å². The molecule has 0 radical (unpaired) electrons. The lowest BCUT2D eigenvalue weighted by Gasteiger charge is -2.09. The van der Waals surface area contributed by atoms with Crippen molar-refractivity contribution in [2.24, 2.45) is 0 Å². The molecule has 1 aliphatic rings. The minimum atomic E-state index is -3.16. The fourth-order valence-corrected chi connectivity index (χ4v) is 3.70. The van der Waals surface area contributed by atoms with Gasteiger partial charge in [-0.25, -0.2) is 13.1 Å². The predicted octanol–water partition coefficient (Wildman–Crippen LogP) is 1.14. The molecule has 0 aromatic carbocycles. The van der Waals surface area contributed by atoms with Crippen molar-refractivity contribution in [3.05, 3.63) is 21.9 Å². The first-order valence-corrected chi connectivity index (χ1v) is 10.1. The van der Waals surface area contributed by atoms with E-state index in [2.05, 4.69) is 10.0 Å². The van der Waals surface area contributed by atoms with Crippen LogP contribution in [0.1, 0.15) is 33.8 Å². The van der Waals surface area contributed by atoms with Crippen molar-refractivity contribution in [1.29, 1.82) is 0 Å². The Morgan fingerprint density at radius 2 is 2.23 bits per heavy atom. The standard InChI is InChI=1S/C14H22N2O4S2/c1-22(18,19)16-9-7-12-4-5-13(21-12)14(17)15-8-6-11-3-2-10-20-11/h4-5,11,16H,2-3,6-10H2,1H3,(H,15,17)/t11-/m1/s1. The van der Waals surface area contributed by atoms with Crippen LogP contribution in [0.25, 0.3) is 0 Å². The molecule has 1 aromatic rings. The first-order valence-electron chi connectivity index (χ1n) is 7.37. The molecule has 1 saturated heterocycles. The number of nitrogens with one attached hydrogen (secondary N) is 2. The highest BCUT2D eigenvalue weighted by molar-refractivity contribution is 7.88. The average molecular weight is 346 g/mol. The van der Waals surface area contributed by atoms with Crippen molar-refractivity contribution in [3.8, 4) is 0 Å². The zero-order valence-electron chi connectivity index (χ0n) is 12.6. The highest BCUT2D eigenvalue weighted by Crippen LogP contribution is 2.17. The van der Waals surface area contributed by atoms with Crippen LogP contribution >= 0.6 is 11.3 Å². The van der Waals surface area contributed by atoms with E-state index in [0.717, 1.165) is 37.0 Å². The summed E-state index contributed by atoms with van der Waals surface area (Å²) in [5, 5.41) is 2.90. The lowest BCUT2D eigenvalue weighted by atomic mass is 10.2. The smallest absolute Gasteiger partial charge is 0.261 e. The van der Waals surface area contributed by atoms with Crippen LogP contribution in [0.15, 0.2) is 12.1 Å². The molecule has 0 spiro atoms. The molecule has 1 aromatic heterocycles. The minimum Gasteiger partial charge on any atom is -0.378 e. The van der Waals surface area contributed by atoms with Gasteiger partial charge < -0.3 is 10.1 Å². The van der Waals surface area contributed by atoms with Crippen LogP contribution in [-0.2, 0) is 21.2 Å². The van der Waals surface area contributed by atoms with Gasteiger partial charge in [-0.3, -0.25) is 4.79 Å². The predicted molar refractivity (Wildman–Crippen MR) is 86.8 cm³/mol. The minimum absolute atomic E-state index is 0.0784. The Morgan fingerprint density at radius 3 is 2.91 bits per heavy atom. The topological polar surface area (TPSA) is 84.5 Å². The van der Waals surface area contributed by atoms with Crippen molar-refractivity contribution in [2.45, 2.75) is 31.8 Å². The quantitative estimate of drug-likeness (QED) is 0.739. The number of rotatable bonds is 8. The van der Waals surface area contributed by atoms with Crippen molar-refractivity contribution < 1.29 is 17.9 Å². The molecule has 1 fully saturated rings. The van der Waals surface area contributed by atoms with E-state index < -0.39 is 10.0 Å². The third kappa shape index (κ3) is 6.04. The van der Waals surface area contributed by atoms with Crippen LogP contribution in [0.5, 0.6) is 0 Å². The number of hydrogen-bond acceptors (Lipinski definition) is 5. The first-order chi connectivity index (χ1) is 10.4. The van der Waals surface area contributed by atoms with Crippen LogP contribution in [0.3, 0.4) is 0 Å². The largest absolute Gasteiger partial charge is 0.378 e. The summed E-state index contributed by atoms with van der Waals surface area (Å²) in [6, 6.07) is 3.64. The summed E-state index contributed by atoms with van der Waals surface area (Å²) in [5.41, 5.74) is 0. The highest BCUT2D eigenvalue weighted by Gasteiger charge is 2.16. The van der Waals surface area contributed by atoms with Crippen LogP contribution in [0.2, 0.25) is 0 Å². The molecule has 8 heteroatoms. The average Bonchev–Trinajstić information content (AvgIpc) is 3.08. The molecule has 2 rings (SSSR count). The Morgan fingerprint density at radius 1 is 1.41 bits per heavy atom. The molecule has 1 atom stereocenters. The SMILES string of the molecule is CS(=O)(=O)NCCc1ccc(C(=O)NCC[C@H]2CCCO2)s1. The molecular formula is C14H22N2O4S2. The fourth-order valence-electron chi connectivity index (χ4n) is 2.30. The van der Waals surface area contributed by atoms with Gasteiger partial charge >= 0.3 is 0 Å². The van der Waals surface area contributed by atoms with Gasteiger partial charge in [-0.05, 0) is 37.8 Å². The molecule has 0 aliphatic carbocycles. The van der Waals surface area contributed by atoms with Crippen molar-refractivity contribution in [1.82, 2.24) is 10.0 Å². The summed E-state index contributed by atoms with van der Waals surface area (Å²) in [4.78, 5) is 13.7. The number of ether oxygens (including phenoxy) is 1. The summed E-state index contributed by atoms with van der Waals surface area (Å²) in [6.07, 6.45) is 5.03. The number of amides is 1. The summed E-state index contributed by atoms with van der Waals surface area (Å²) in [7, 11) is -3.16. The van der Waals surface area contributed by atoms with Gasteiger partial charge in [-0.2, -0.15) is 0 Å². The molecule has 0 bridgehead atoms. The second-order valence-corrected chi connectivity index (χ2v) is 8.36. The van der Waals surface area contributed by atoms with Gasteiger partial charge in [-0.1, -0.05) is 0 Å². The van der Waals surface area contributed by atoms with Crippen molar-refractivity contribution in [3.63, 3.8) is 0 Å². The molecule has 6 nitrogen and oxygen atoms in total. The monoisotopic (exact) mass is 346 g/mol. The Balaban J connectivity index is 1.71. The van der Waals surface area contributed by atoms with Crippen molar-refractivity contribution in [2.75, 3.05) is 26.0 Å². The summed E-state index contributed by atoms with van der Waals surface area (Å²) >= 11 is 1.40. The molecule has 2 heterocycles. The van der Waals surface area contributed by atoms with Gasteiger partial charge in [-0.15, -0.1) is 11.3 Å². The Labute approximate surface area is 135 Å². The number of hydrogen-bond donors (Lipinski definition) is 2. The summed E-state index contributed by atoms with van der Waals surface area (Å²) in [6.45, 7) is 1.79. The zero-order chi connectivity index (χ0) is 16.0. The van der Waals surface area contributed by atoms with E-state index in [1.54, 1.807) is 6.07 Å². The van der Waals surface area contributed by atoms with E-state index in [-0.39, 0.29) is 12.0 Å². The molecule has 1 aliphatic heterocycles. The number of thiophene rings is 1. The summed E-state index contributed by atoms with van der Waals surface area (Å²) in [5.74, 6) is -0.0784. The van der Waals surface area contributed by atoms with Gasteiger partial charge in [0.05, 0.1) is 17.2 Å². The molecule has 124 valence electrons. The van der Waals surface area contributed by atoms with E-state index in [0.29, 0.717) is 24.4 Å². The zero-order valence-corrected chi connectivity index (χ0v) is 14.3. The number of carbonyl (C=O) groups excluding carboxylic acids is 1. The Bertz CT molecular complexity index is 592. The van der Waals surface area contributed by atoms with Crippen molar-refractivity contribution >= 4 is 27.3 Å². The summed E-state index contributed by atoms with van der Waals surface area (Å²) < 4.78 is 29.9. The van der Waals surface area contributed by atoms with E-state index in [1.165, 1.54) is 11.3 Å². The fraction of sp³-hybridized carbons (Fsp3) is 0.643. The molecular weight excluding hydrogens is 324 g/mol. The van der Waals surface area contributed by atoms with Crippen LogP contribution in [0.4, 0.5) is 0 Å². The van der Waals surface area contributed by atoms with Crippen LogP contribution in [-0.4, -0.2) is 46.4 Å². The van der Waals surface area contributed by atoms with Gasteiger partial charge in [0, 0.05) is 24.6 Å². The third-order valence-electron chi connectivity index (χ3n) is 3.40. The first kappa shape index (κ1) is 17.4. The van der Waals surface area contributed by atoms with E-state index in [4.69, 9.17) is 4.74 Å². The lowest BCUT2D eigenvalue weighted by Crippen LogP contribution is -2.26. The molecule has 0 saturated carbocycles. The lowest BCUT2D eigenvalue weighted by molar-refractivity contribution is 0.0910. The second kappa shape index (κ2) is 8.05. The maximum atomic E-state index is 12.0. The molecule has 1 amide bonds. The van der Waals surface area contributed by atoms with Crippen LogP contribution < -0.4 is 10.0 Å². The number of sulfonamides is 1. The Kier molecular flexibility index (Phi) is 6.37. The maximum absolute atomic E-state index is 12.0. The normalized spacial score (nSPS) is 18.5. The third-order valence-corrected chi connectivity index (χ3v) is 5.27. The van der Waals surface area contributed by atoms with E-state index in [9.17, 15) is 13.2 Å². The Hall–Kier alpha value is -0.960. The van der Waals surface area contributed by atoms with Crippen LogP contribution in [0, 0.1) is 0 Å². The van der Waals surface area contributed by atoms with Gasteiger partial charge in [0.25, 0.3) is 5.91 Å². The highest BCUT2D eigenvalue weighted by atomic mass is 32.2. The maximum Gasteiger partial charge on any atom is 0.261 e. The van der Waals surface area contributed by atoms with E-state index >= 15 is 0 Å². The second-order valence-electron chi connectivity index (χ2n) is 5.36.